The third-order valence-corrected chi connectivity index (χ3v) is 6.79. The molecule has 0 saturated carbocycles. The van der Waals surface area contributed by atoms with E-state index in [1.165, 1.54) is 23.1 Å². The molecule has 30 heavy (non-hydrogen) atoms. The van der Waals surface area contributed by atoms with Gasteiger partial charge in [-0.15, -0.1) is 23.1 Å². The van der Waals surface area contributed by atoms with Gasteiger partial charge in [-0.05, 0) is 62.4 Å². The highest BCUT2D eigenvalue weighted by Crippen LogP contribution is 2.38. The SMILES string of the molecule is CCOC(=O)NC(=O)c1c(NC(=O)CSc2ccc(OC)cc2)sc2c1CCCC2. The molecule has 0 atom stereocenters. The van der Waals surface area contributed by atoms with Gasteiger partial charge in [-0.1, -0.05) is 0 Å². The van der Waals surface area contributed by atoms with Crippen LogP contribution in [0.3, 0.4) is 0 Å². The molecular weight excluding hydrogens is 424 g/mol. The first-order valence-corrected chi connectivity index (χ1v) is 11.5. The van der Waals surface area contributed by atoms with Gasteiger partial charge in [0.25, 0.3) is 5.91 Å². The van der Waals surface area contributed by atoms with Crippen LogP contribution in [0.2, 0.25) is 0 Å². The van der Waals surface area contributed by atoms with Gasteiger partial charge >= 0.3 is 6.09 Å². The van der Waals surface area contributed by atoms with Crippen LogP contribution in [0, 0.1) is 0 Å². The molecule has 9 heteroatoms. The minimum atomic E-state index is -0.786. The minimum Gasteiger partial charge on any atom is -0.497 e. The van der Waals surface area contributed by atoms with E-state index in [4.69, 9.17) is 9.47 Å². The molecule has 3 amide bonds. The normalized spacial score (nSPS) is 12.6. The molecule has 1 aromatic carbocycles. The minimum absolute atomic E-state index is 0.174. The Kier molecular flexibility index (Phi) is 7.75. The molecular formula is C21H24N2O5S2. The summed E-state index contributed by atoms with van der Waals surface area (Å²) in [6, 6.07) is 7.45. The number of benzene rings is 1. The number of thiophene rings is 1. The molecule has 2 aromatic rings. The Labute approximate surface area is 183 Å². The van der Waals surface area contributed by atoms with Crippen LogP contribution >= 0.6 is 23.1 Å². The van der Waals surface area contributed by atoms with E-state index in [2.05, 4.69) is 10.6 Å². The lowest BCUT2D eigenvalue weighted by Gasteiger charge is -2.13. The average Bonchev–Trinajstić information content (AvgIpc) is 3.10. The fourth-order valence-electron chi connectivity index (χ4n) is 3.20. The van der Waals surface area contributed by atoms with Crippen molar-refractivity contribution in [2.75, 3.05) is 24.8 Å². The summed E-state index contributed by atoms with van der Waals surface area (Å²) in [6.45, 7) is 1.84. The highest BCUT2D eigenvalue weighted by atomic mass is 32.2. The van der Waals surface area contributed by atoms with E-state index in [1.807, 2.05) is 24.3 Å². The molecule has 0 bridgehead atoms. The second-order valence-corrected chi connectivity index (χ2v) is 8.76. The molecule has 1 aliphatic carbocycles. The average molecular weight is 449 g/mol. The lowest BCUT2D eigenvalue weighted by molar-refractivity contribution is -0.113. The maximum absolute atomic E-state index is 12.7. The zero-order chi connectivity index (χ0) is 21.5. The molecule has 0 saturated heterocycles. The van der Waals surface area contributed by atoms with Gasteiger partial charge in [-0.3, -0.25) is 14.9 Å². The number of alkyl carbamates (subject to hydrolysis) is 1. The van der Waals surface area contributed by atoms with Crippen molar-refractivity contribution in [2.45, 2.75) is 37.5 Å². The highest BCUT2D eigenvalue weighted by Gasteiger charge is 2.27. The second-order valence-electron chi connectivity index (χ2n) is 6.60. The highest BCUT2D eigenvalue weighted by molar-refractivity contribution is 8.00. The summed E-state index contributed by atoms with van der Waals surface area (Å²) in [5.74, 6) is 0.212. The number of imide groups is 1. The maximum Gasteiger partial charge on any atom is 0.414 e. The molecule has 1 aromatic heterocycles. The monoisotopic (exact) mass is 448 g/mol. The number of rotatable bonds is 7. The lowest BCUT2D eigenvalue weighted by atomic mass is 9.95. The summed E-state index contributed by atoms with van der Waals surface area (Å²) in [6.07, 6.45) is 2.87. The Bertz CT molecular complexity index is 924. The van der Waals surface area contributed by atoms with Crippen molar-refractivity contribution in [2.24, 2.45) is 0 Å². The molecule has 2 N–H and O–H groups in total. The number of thioether (sulfide) groups is 1. The molecule has 0 aliphatic heterocycles. The first kappa shape index (κ1) is 22.2. The predicted octanol–water partition coefficient (Wildman–Crippen LogP) is 4.25. The van der Waals surface area contributed by atoms with Crippen LogP contribution in [0.15, 0.2) is 29.2 Å². The van der Waals surface area contributed by atoms with Crippen molar-refractivity contribution in [3.63, 3.8) is 0 Å². The number of amides is 3. The van der Waals surface area contributed by atoms with Gasteiger partial charge in [0.15, 0.2) is 0 Å². The number of carbonyl (C=O) groups excluding carboxylic acids is 3. The van der Waals surface area contributed by atoms with Crippen LogP contribution in [0.4, 0.5) is 9.80 Å². The Morgan fingerprint density at radius 3 is 2.57 bits per heavy atom. The number of aryl methyl sites for hydroxylation is 1. The van der Waals surface area contributed by atoms with E-state index >= 15 is 0 Å². The summed E-state index contributed by atoms with van der Waals surface area (Å²) in [5, 5.41) is 5.61. The van der Waals surface area contributed by atoms with Crippen molar-refractivity contribution in [1.29, 1.82) is 0 Å². The van der Waals surface area contributed by atoms with Crippen LogP contribution < -0.4 is 15.4 Å². The first-order valence-electron chi connectivity index (χ1n) is 9.71. The molecule has 3 rings (SSSR count). The number of hydrogen-bond acceptors (Lipinski definition) is 7. The summed E-state index contributed by atoms with van der Waals surface area (Å²) in [4.78, 5) is 39.0. The van der Waals surface area contributed by atoms with Crippen LogP contribution in [-0.4, -0.2) is 37.4 Å². The van der Waals surface area contributed by atoms with E-state index in [9.17, 15) is 14.4 Å². The van der Waals surface area contributed by atoms with Crippen LogP contribution in [0.25, 0.3) is 0 Å². The molecule has 0 fully saturated rings. The molecule has 0 spiro atoms. The summed E-state index contributed by atoms with van der Waals surface area (Å²) in [7, 11) is 1.60. The van der Waals surface area contributed by atoms with E-state index in [0.29, 0.717) is 10.6 Å². The Morgan fingerprint density at radius 1 is 1.13 bits per heavy atom. The number of nitrogens with one attached hydrogen (secondary N) is 2. The van der Waals surface area contributed by atoms with Gasteiger partial charge in [-0.25, -0.2) is 4.79 Å². The number of methoxy groups -OCH3 is 1. The summed E-state index contributed by atoms with van der Waals surface area (Å²) < 4.78 is 9.95. The van der Waals surface area contributed by atoms with Gasteiger partial charge in [0, 0.05) is 9.77 Å². The number of carbonyl (C=O) groups is 3. The number of fused-ring (bicyclic) bond motifs is 1. The van der Waals surface area contributed by atoms with E-state index in [1.54, 1.807) is 14.0 Å². The fraction of sp³-hybridized carbons (Fsp3) is 0.381. The fourth-order valence-corrected chi connectivity index (χ4v) is 5.20. The first-order chi connectivity index (χ1) is 14.5. The largest absolute Gasteiger partial charge is 0.497 e. The zero-order valence-electron chi connectivity index (χ0n) is 16.9. The topological polar surface area (TPSA) is 93.7 Å². The smallest absolute Gasteiger partial charge is 0.414 e. The number of anilines is 1. The maximum atomic E-state index is 12.7. The molecule has 1 heterocycles. The molecule has 160 valence electrons. The Hall–Kier alpha value is -2.52. The third kappa shape index (κ3) is 5.54. The third-order valence-electron chi connectivity index (χ3n) is 4.57. The summed E-state index contributed by atoms with van der Waals surface area (Å²) in [5.41, 5.74) is 1.30. The van der Waals surface area contributed by atoms with Crippen LogP contribution in [0.5, 0.6) is 5.75 Å². The Balaban J connectivity index is 1.70. The zero-order valence-corrected chi connectivity index (χ0v) is 18.5. The molecule has 7 nitrogen and oxygen atoms in total. The van der Waals surface area contributed by atoms with E-state index in [0.717, 1.165) is 46.8 Å². The van der Waals surface area contributed by atoms with Gasteiger partial charge in [-0.2, -0.15) is 0 Å². The van der Waals surface area contributed by atoms with E-state index < -0.39 is 12.0 Å². The van der Waals surface area contributed by atoms with Gasteiger partial charge in [0.05, 0.1) is 25.0 Å². The van der Waals surface area contributed by atoms with Gasteiger partial charge < -0.3 is 14.8 Å². The van der Waals surface area contributed by atoms with Crippen molar-refractivity contribution in [1.82, 2.24) is 5.32 Å². The second kappa shape index (κ2) is 10.5. The van der Waals surface area contributed by atoms with Crippen molar-refractivity contribution in [3.8, 4) is 5.75 Å². The quantitative estimate of drug-likeness (QED) is 0.615. The van der Waals surface area contributed by atoms with Gasteiger partial charge in [0.2, 0.25) is 5.91 Å². The van der Waals surface area contributed by atoms with Gasteiger partial charge in [0.1, 0.15) is 10.8 Å². The van der Waals surface area contributed by atoms with Crippen molar-refractivity contribution < 1.29 is 23.9 Å². The number of hydrogen-bond donors (Lipinski definition) is 2. The molecule has 0 radical (unpaired) electrons. The number of ether oxygens (including phenoxy) is 2. The van der Waals surface area contributed by atoms with Crippen molar-refractivity contribution in [3.05, 3.63) is 40.3 Å². The van der Waals surface area contributed by atoms with Crippen molar-refractivity contribution >= 4 is 46.0 Å². The van der Waals surface area contributed by atoms with E-state index in [-0.39, 0.29) is 18.3 Å². The molecule has 1 aliphatic rings. The Morgan fingerprint density at radius 2 is 1.87 bits per heavy atom. The lowest BCUT2D eigenvalue weighted by Crippen LogP contribution is -2.32. The molecule has 0 unspecified atom stereocenters. The predicted molar refractivity (Wildman–Crippen MR) is 118 cm³/mol. The summed E-state index contributed by atoms with van der Waals surface area (Å²) >= 11 is 2.81. The van der Waals surface area contributed by atoms with Crippen LogP contribution in [-0.2, 0) is 22.4 Å². The van der Waals surface area contributed by atoms with Crippen LogP contribution in [0.1, 0.15) is 40.6 Å². The standard InChI is InChI=1S/C21H24N2O5S2/c1-3-28-21(26)23-19(25)18-15-6-4-5-7-16(15)30-20(18)22-17(24)12-29-14-10-8-13(27-2)9-11-14/h8-11H,3-7,12H2,1-2H3,(H,22,24)(H,23,25,26).